The first-order chi connectivity index (χ1) is 10.6. The molecule has 0 aromatic heterocycles. The second kappa shape index (κ2) is 9.01. The van der Waals surface area contributed by atoms with E-state index in [0.717, 1.165) is 20.6 Å². The van der Waals surface area contributed by atoms with Crippen LogP contribution in [0.3, 0.4) is 0 Å². The Morgan fingerprint density at radius 1 is 1.09 bits per heavy atom. The van der Waals surface area contributed by atoms with Crippen molar-refractivity contribution in [3.63, 3.8) is 0 Å². The molecule has 1 N–H and O–H groups in total. The van der Waals surface area contributed by atoms with Crippen LogP contribution in [0.25, 0.3) is 0 Å². The molecule has 0 saturated heterocycles. The van der Waals surface area contributed by atoms with E-state index in [1.807, 2.05) is 42.5 Å². The molecule has 2 aromatic carbocycles. The molecule has 0 radical (unpaired) electrons. The topological polar surface area (TPSA) is 29.1 Å². The molecule has 2 aromatic rings. The molecule has 0 unspecified atom stereocenters. The molecule has 6 heteroatoms. The van der Waals surface area contributed by atoms with Gasteiger partial charge in [0.1, 0.15) is 0 Å². The van der Waals surface area contributed by atoms with Gasteiger partial charge in [-0.2, -0.15) is 11.8 Å². The first-order valence-corrected chi connectivity index (χ1v) is 9.61. The maximum absolute atomic E-state index is 11.9. The Morgan fingerprint density at radius 3 is 2.36 bits per heavy atom. The number of halogens is 3. The molecule has 0 bridgehead atoms. The van der Waals surface area contributed by atoms with Crippen LogP contribution in [-0.4, -0.2) is 18.2 Å². The van der Waals surface area contributed by atoms with E-state index in [-0.39, 0.29) is 5.91 Å². The molecular weight excluding hydrogens is 452 g/mol. The van der Waals surface area contributed by atoms with Gasteiger partial charge in [0.25, 0.3) is 5.91 Å². The minimum absolute atomic E-state index is 0.0484. The predicted molar refractivity (Wildman–Crippen MR) is 104 cm³/mol. The van der Waals surface area contributed by atoms with Crippen LogP contribution < -0.4 is 5.32 Å². The van der Waals surface area contributed by atoms with Gasteiger partial charge in [-0.25, -0.2) is 0 Å². The lowest BCUT2D eigenvalue weighted by atomic mass is 10.2. The number of amides is 1. The van der Waals surface area contributed by atoms with Crippen molar-refractivity contribution < 1.29 is 4.79 Å². The molecule has 0 saturated carbocycles. The first kappa shape index (κ1) is 17.9. The number of hydrogen-bond donors (Lipinski definition) is 1. The summed E-state index contributed by atoms with van der Waals surface area (Å²) in [6.45, 7) is 0.609. The molecule has 1 amide bonds. The van der Waals surface area contributed by atoms with Crippen molar-refractivity contribution in [2.24, 2.45) is 0 Å². The minimum Gasteiger partial charge on any atom is -0.351 e. The molecule has 116 valence electrons. The number of carbonyl (C=O) groups excluding carboxylic acids is 1. The van der Waals surface area contributed by atoms with Gasteiger partial charge < -0.3 is 5.32 Å². The summed E-state index contributed by atoms with van der Waals surface area (Å²) in [5.41, 5.74) is 1.62. The third-order valence-electron chi connectivity index (χ3n) is 2.95. The molecule has 22 heavy (non-hydrogen) atoms. The maximum atomic E-state index is 11.9. The number of hydrogen-bond acceptors (Lipinski definition) is 2. The fourth-order valence-electron chi connectivity index (χ4n) is 1.78. The first-order valence-electron chi connectivity index (χ1n) is 6.62. The molecule has 0 aliphatic carbocycles. The summed E-state index contributed by atoms with van der Waals surface area (Å²) in [5, 5.41) is 4.27. The average Bonchev–Trinajstić information content (AvgIpc) is 2.50. The van der Waals surface area contributed by atoms with Gasteiger partial charge in [-0.3, -0.25) is 4.79 Å². The molecule has 2 nitrogen and oxygen atoms in total. The van der Waals surface area contributed by atoms with Crippen molar-refractivity contribution in [3.05, 3.63) is 67.2 Å². The van der Waals surface area contributed by atoms with E-state index in [1.54, 1.807) is 11.8 Å². The van der Waals surface area contributed by atoms with Crippen LogP contribution in [0.5, 0.6) is 0 Å². The zero-order chi connectivity index (χ0) is 15.9. The smallest absolute Gasteiger partial charge is 0.251 e. The quantitative estimate of drug-likeness (QED) is 0.465. The van der Waals surface area contributed by atoms with E-state index >= 15 is 0 Å². The fourth-order valence-corrected chi connectivity index (χ4v) is 3.74. The summed E-state index contributed by atoms with van der Waals surface area (Å²) in [5.74, 6) is 1.49. The van der Waals surface area contributed by atoms with E-state index in [2.05, 4.69) is 27.9 Å². The molecule has 0 heterocycles. The fraction of sp³-hybridized carbons (Fsp3) is 0.188. The van der Waals surface area contributed by atoms with Gasteiger partial charge >= 0.3 is 0 Å². The Labute approximate surface area is 158 Å². The van der Waals surface area contributed by atoms with E-state index in [9.17, 15) is 4.79 Å². The second-order valence-electron chi connectivity index (χ2n) is 4.52. The van der Waals surface area contributed by atoms with Crippen LogP contribution in [0.15, 0.2) is 42.5 Å². The van der Waals surface area contributed by atoms with Crippen LogP contribution in [0.4, 0.5) is 0 Å². The minimum atomic E-state index is -0.0484. The SMILES string of the molecule is O=C(NCCSCc1c(Cl)cccc1Cl)c1ccc(I)cc1. The van der Waals surface area contributed by atoms with Crippen LogP contribution in [-0.2, 0) is 5.75 Å². The lowest BCUT2D eigenvalue weighted by molar-refractivity contribution is 0.0956. The van der Waals surface area contributed by atoms with Crippen molar-refractivity contribution in [2.75, 3.05) is 12.3 Å². The van der Waals surface area contributed by atoms with Gasteiger partial charge in [0.05, 0.1) is 0 Å². The standard InChI is InChI=1S/C16H14Cl2INOS/c17-14-2-1-3-15(18)13(14)10-22-9-8-20-16(21)11-4-6-12(19)7-5-11/h1-7H,8-10H2,(H,20,21). The van der Waals surface area contributed by atoms with Crippen molar-refractivity contribution >= 4 is 63.5 Å². The summed E-state index contributed by atoms with van der Waals surface area (Å²) in [6.07, 6.45) is 0. The summed E-state index contributed by atoms with van der Waals surface area (Å²) in [7, 11) is 0. The Morgan fingerprint density at radius 2 is 1.73 bits per heavy atom. The monoisotopic (exact) mass is 465 g/mol. The Hall–Kier alpha value is -0.430. The molecule has 0 aliphatic rings. The van der Waals surface area contributed by atoms with Gasteiger partial charge in [-0.15, -0.1) is 0 Å². The third kappa shape index (κ3) is 5.33. The van der Waals surface area contributed by atoms with E-state index in [1.165, 1.54) is 0 Å². The number of benzene rings is 2. The van der Waals surface area contributed by atoms with Crippen LogP contribution in [0.1, 0.15) is 15.9 Å². The summed E-state index contributed by atoms with van der Waals surface area (Å²) >= 11 is 16.1. The third-order valence-corrected chi connectivity index (χ3v) is 5.36. The lowest BCUT2D eigenvalue weighted by Gasteiger charge is -2.08. The zero-order valence-electron chi connectivity index (χ0n) is 11.6. The van der Waals surface area contributed by atoms with Gasteiger partial charge in [0.15, 0.2) is 0 Å². The van der Waals surface area contributed by atoms with E-state index < -0.39 is 0 Å². The summed E-state index contributed by atoms with van der Waals surface area (Å²) in [4.78, 5) is 11.9. The molecular formula is C16H14Cl2INOS. The lowest BCUT2D eigenvalue weighted by Crippen LogP contribution is -2.25. The Kier molecular flexibility index (Phi) is 7.34. The Balaban J connectivity index is 1.73. The average molecular weight is 466 g/mol. The van der Waals surface area contributed by atoms with Gasteiger partial charge in [-0.05, 0) is 64.6 Å². The molecule has 0 fully saturated rings. The van der Waals surface area contributed by atoms with E-state index in [0.29, 0.717) is 22.2 Å². The van der Waals surface area contributed by atoms with Crippen molar-refractivity contribution in [1.29, 1.82) is 0 Å². The van der Waals surface area contributed by atoms with Gasteiger partial charge in [-0.1, -0.05) is 29.3 Å². The highest BCUT2D eigenvalue weighted by Gasteiger charge is 2.06. The zero-order valence-corrected chi connectivity index (χ0v) is 16.1. The van der Waals surface area contributed by atoms with Crippen molar-refractivity contribution in [1.82, 2.24) is 5.32 Å². The highest BCUT2D eigenvalue weighted by Crippen LogP contribution is 2.27. The van der Waals surface area contributed by atoms with Crippen LogP contribution in [0, 0.1) is 3.57 Å². The molecule has 0 spiro atoms. The number of rotatable bonds is 6. The van der Waals surface area contributed by atoms with Gasteiger partial charge in [0.2, 0.25) is 0 Å². The molecule has 0 aliphatic heterocycles. The van der Waals surface area contributed by atoms with Crippen LogP contribution >= 0.6 is 57.6 Å². The highest BCUT2D eigenvalue weighted by atomic mass is 127. The Bertz CT molecular complexity index is 629. The largest absolute Gasteiger partial charge is 0.351 e. The van der Waals surface area contributed by atoms with Crippen LogP contribution in [0.2, 0.25) is 10.0 Å². The van der Waals surface area contributed by atoms with E-state index in [4.69, 9.17) is 23.2 Å². The summed E-state index contributed by atoms with van der Waals surface area (Å²) < 4.78 is 1.11. The van der Waals surface area contributed by atoms with Crippen molar-refractivity contribution in [3.8, 4) is 0 Å². The highest BCUT2D eigenvalue weighted by molar-refractivity contribution is 14.1. The molecule has 0 atom stereocenters. The number of thioether (sulfide) groups is 1. The molecule has 2 rings (SSSR count). The summed E-state index contributed by atoms with van der Waals surface area (Å²) in [6, 6.07) is 13.0. The normalized spacial score (nSPS) is 10.5. The number of nitrogens with one attached hydrogen (secondary N) is 1. The second-order valence-corrected chi connectivity index (χ2v) is 7.68. The number of carbonyl (C=O) groups is 1. The van der Waals surface area contributed by atoms with Gasteiger partial charge in [0, 0.05) is 37.2 Å². The predicted octanol–water partition coefficient (Wildman–Crippen LogP) is 5.26. The maximum Gasteiger partial charge on any atom is 0.251 e. The van der Waals surface area contributed by atoms with Crippen molar-refractivity contribution in [2.45, 2.75) is 5.75 Å².